The van der Waals surface area contributed by atoms with Gasteiger partial charge >= 0.3 is 17.9 Å². The first-order chi connectivity index (χ1) is 28.5. The van der Waals surface area contributed by atoms with E-state index in [1.807, 2.05) is 74.6 Å². The second-order valence-corrected chi connectivity index (χ2v) is 16.9. The number of carbonyl (C=O) groups is 4. The van der Waals surface area contributed by atoms with Crippen LogP contribution in [0.1, 0.15) is 83.5 Å². The number of aliphatic carboxylic acids is 3. The van der Waals surface area contributed by atoms with Crippen molar-refractivity contribution in [2.75, 3.05) is 46.6 Å². The SMILES string of the molecule is CCc1c(C#N)c(OC)c2ccccc2c1C(=O)N(C)C[C@@H](CCN1CCC(c2ccccc2[S@](C)=O)CC1)c1ccc(Cl)c(Cl)c1.O=C(O)CC(O)(CC(=O)O)C(=O)O. The summed E-state index contributed by atoms with van der Waals surface area (Å²) in [4.78, 5) is 50.0. The molecule has 0 bridgehead atoms. The number of nitrogens with zero attached hydrogens (tertiary/aromatic N) is 3. The molecule has 1 aliphatic heterocycles. The van der Waals surface area contributed by atoms with Crippen molar-refractivity contribution in [1.82, 2.24) is 9.80 Å². The van der Waals surface area contributed by atoms with Crippen molar-refractivity contribution in [1.29, 1.82) is 5.26 Å². The van der Waals surface area contributed by atoms with Gasteiger partial charge in [-0.15, -0.1) is 0 Å². The summed E-state index contributed by atoms with van der Waals surface area (Å²) in [5.41, 5.74) is 1.15. The maximum Gasteiger partial charge on any atom is 0.336 e. The average molecular weight is 883 g/mol. The molecule has 0 aliphatic carbocycles. The highest BCUT2D eigenvalue weighted by Crippen LogP contribution is 2.38. The molecule has 1 fully saturated rings. The lowest BCUT2D eigenvalue weighted by Gasteiger charge is -2.34. The third kappa shape index (κ3) is 11.6. The van der Waals surface area contributed by atoms with Gasteiger partial charge in [0.2, 0.25) is 0 Å². The molecule has 4 aromatic carbocycles. The van der Waals surface area contributed by atoms with Crippen LogP contribution in [-0.4, -0.2) is 110 Å². The summed E-state index contributed by atoms with van der Waals surface area (Å²) in [6.07, 6.45) is 2.82. The molecule has 4 aromatic rings. The molecule has 2 atom stereocenters. The highest BCUT2D eigenvalue weighted by molar-refractivity contribution is 7.84. The summed E-state index contributed by atoms with van der Waals surface area (Å²) >= 11 is 12.8. The molecule has 1 heterocycles. The number of methoxy groups -OCH3 is 1. The monoisotopic (exact) mass is 881 g/mol. The number of hydrogen-bond acceptors (Lipinski definition) is 9. The van der Waals surface area contributed by atoms with E-state index >= 15 is 0 Å². The molecule has 4 N–H and O–H groups in total. The summed E-state index contributed by atoms with van der Waals surface area (Å²) in [7, 11) is 2.38. The van der Waals surface area contributed by atoms with Crippen molar-refractivity contribution in [2.45, 2.75) is 67.8 Å². The van der Waals surface area contributed by atoms with Crippen molar-refractivity contribution in [3.05, 3.63) is 105 Å². The zero-order chi connectivity index (χ0) is 44.3. The van der Waals surface area contributed by atoms with Crippen LogP contribution in [0.3, 0.4) is 0 Å². The highest BCUT2D eigenvalue weighted by atomic mass is 35.5. The number of piperidine rings is 1. The van der Waals surface area contributed by atoms with Crippen molar-refractivity contribution >= 4 is 68.6 Å². The van der Waals surface area contributed by atoms with Gasteiger partial charge in [0.1, 0.15) is 11.8 Å². The van der Waals surface area contributed by atoms with E-state index in [2.05, 4.69) is 17.0 Å². The molecule has 0 unspecified atom stereocenters. The summed E-state index contributed by atoms with van der Waals surface area (Å²) < 4.78 is 18.0. The zero-order valence-electron chi connectivity index (χ0n) is 33.8. The molecule has 13 nitrogen and oxygen atoms in total. The van der Waals surface area contributed by atoms with Crippen LogP contribution in [0.15, 0.2) is 71.6 Å². The third-order valence-electron chi connectivity index (χ3n) is 10.7. The Kier molecular flexibility index (Phi) is 17.0. The van der Waals surface area contributed by atoms with E-state index in [1.54, 1.807) is 18.3 Å². The van der Waals surface area contributed by atoms with Crippen LogP contribution in [0.2, 0.25) is 10.0 Å². The van der Waals surface area contributed by atoms with Gasteiger partial charge in [-0.1, -0.05) is 78.7 Å². The molecule has 1 amide bonds. The van der Waals surface area contributed by atoms with Crippen LogP contribution in [0.25, 0.3) is 10.8 Å². The van der Waals surface area contributed by atoms with E-state index in [9.17, 15) is 28.6 Å². The van der Waals surface area contributed by atoms with Crippen LogP contribution in [-0.2, 0) is 31.6 Å². The zero-order valence-corrected chi connectivity index (χ0v) is 36.1. The molecule has 1 aliphatic rings. The summed E-state index contributed by atoms with van der Waals surface area (Å²) in [6.45, 7) is 5.20. The van der Waals surface area contributed by atoms with E-state index in [4.69, 9.17) is 48.4 Å². The Hall–Kier alpha value is -5.04. The normalized spacial score (nSPS) is 14.3. The predicted molar refractivity (Wildman–Crippen MR) is 230 cm³/mol. The van der Waals surface area contributed by atoms with Crippen LogP contribution in [0.4, 0.5) is 0 Å². The van der Waals surface area contributed by atoms with Gasteiger partial charge in [0.05, 0.1) is 51.9 Å². The van der Waals surface area contributed by atoms with E-state index in [0.717, 1.165) is 60.1 Å². The number of carboxylic acids is 3. The van der Waals surface area contributed by atoms with Crippen LogP contribution in [0.5, 0.6) is 5.75 Å². The molecule has 5 rings (SSSR count). The van der Waals surface area contributed by atoms with Crippen molar-refractivity contribution < 1.29 is 48.6 Å². The molecule has 16 heteroatoms. The Morgan fingerprint density at radius 2 is 1.57 bits per heavy atom. The average Bonchev–Trinajstić information content (AvgIpc) is 3.21. The first kappa shape index (κ1) is 47.6. The lowest BCUT2D eigenvalue weighted by atomic mass is 9.88. The summed E-state index contributed by atoms with van der Waals surface area (Å²) in [6, 6.07) is 23.8. The molecular weight excluding hydrogens is 833 g/mol. The molecule has 1 saturated heterocycles. The molecule has 0 aromatic heterocycles. The van der Waals surface area contributed by atoms with Crippen LogP contribution < -0.4 is 4.74 Å². The Labute approximate surface area is 361 Å². The number of benzene rings is 4. The number of nitriles is 1. The fourth-order valence-corrected chi connectivity index (χ4v) is 8.86. The van der Waals surface area contributed by atoms with Crippen molar-refractivity contribution in [3.63, 3.8) is 0 Å². The maximum atomic E-state index is 14.3. The number of ether oxygens (including phenoxy) is 1. The lowest BCUT2D eigenvalue weighted by molar-refractivity contribution is -0.170. The first-order valence-electron chi connectivity index (χ1n) is 19.2. The topological polar surface area (TPSA) is 206 Å². The number of aliphatic hydroxyl groups is 1. The highest BCUT2D eigenvalue weighted by Gasteiger charge is 2.41. The fraction of sp³-hybridized carbons (Fsp3) is 0.386. The van der Waals surface area contributed by atoms with Gasteiger partial charge in [0, 0.05) is 36.0 Å². The number of carboxylic acid groups (broad SMARTS) is 3. The van der Waals surface area contributed by atoms with E-state index < -0.39 is 47.2 Å². The molecule has 0 saturated carbocycles. The Morgan fingerprint density at radius 3 is 2.10 bits per heavy atom. The number of amides is 1. The smallest absolute Gasteiger partial charge is 0.336 e. The molecule has 0 spiro atoms. The van der Waals surface area contributed by atoms with E-state index in [-0.39, 0.29) is 11.8 Å². The number of halogens is 2. The first-order valence-corrected chi connectivity index (χ1v) is 21.5. The van der Waals surface area contributed by atoms with Gasteiger partial charge < -0.3 is 35.0 Å². The van der Waals surface area contributed by atoms with Gasteiger partial charge in [0.25, 0.3) is 5.91 Å². The number of likely N-dealkylation sites (N-methyl/N-ethyl adjacent to an activating group) is 1. The van der Waals surface area contributed by atoms with Crippen LogP contribution >= 0.6 is 23.2 Å². The fourth-order valence-electron chi connectivity index (χ4n) is 7.72. The standard InChI is InChI=1S/C38H41Cl2N3O3S.C6H8O7/c1-5-28-32(23-41)37(46-3)31-12-7-6-11-30(31)36(28)38(44)42(2)24-27(26-14-15-33(39)34(40)22-26)18-21-43-19-16-25(17-20-43)29-10-8-9-13-35(29)47(4)45;7-3(8)1-6(13,5(11)12)2-4(9)10/h6-15,22,25,27H,5,16-21,24H2,1-4H3;13H,1-2H2,(H,7,8)(H,9,10)(H,11,12)/t27-,47+;/m1./s1. The van der Waals surface area contributed by atoms with Gasteiger partial charge in [-0.05, 0) is 91.5 Å². The number of likely N-dealkylation sites (tertiary alicyclic amines) is 1. The van der Waals surface area contributed by atoms with Gasteiger partial charge in [-0.3, -0.25) is 18.6 Å². The number of carbonyl (C=O) groups excluding carboxylic acids is 1. The van der Waals surface area contributed by atoms with Gasteiger partial charge in [-0.2, -0.15) is 5.26 Å². The third-order valence-corrected chi connectivity index (χ3v) is 12.5. The Bertz CT molecular complexity index is 2270. The van der Waals surface area contributed by atoms with Crippen molar-refractivity contribution in [3.8, 4) is 11.8 Å². The van der Waals surface area contributed by atoms with Gasteiger partial charge in [-0.25, -0.2) is 4.79 Å². The minimum Gasteiger partial charge on any atom is -0.495 e. The number of fused-ring (bicyclic) bond motifs is 1. The summed E-state index contributed by atoms with van der Waals surface area (Å²) in [5, 5.41) is 46.4. The largest absolute Gasteiger partial charge is 0.495 e. The Morgan fingerprint density at radius 1 is 0.967 bits per heavy atom. The van der Waals surface area contributed by atoms with Crippen molar-refractivity contribution in [2.24, 2.45) is 0 Å². The quantitative estimate of drug-likeness (QED) is 0.0882. The second-order valence-electron chi connectivity index (χ2n) is 14.7. The number of hydrogen-bond donors (Lipinski definition) is 4. The Balaban J connectivity index is 0.000000526. The van der Waals surface area contributed by atoms with E-state index in [1.165, 1.54) is 5.56 Å². The van der Waals surface area contributed by atoms with Gasteiger partial charge in [0.15, 0.2) is 5.60 Å². The maximum absolute atomic E-state index is 14.3. The minimum atomic E-state index is -2.74. The minimum absolute atomic E-state index is 0.00436. The molecule has 320 valence electrons. The second kappa shape index (κ2) is 21.5. The molecular formula is C44H49Cl2N3O10S. The molecule has 0 radical (unpaired) electrons. The predicted octanol–water partition coefficient (Wildman–Crippen LogP) is 7.20. The summed E-state index contributed by atoms with van der Waals surface area (Å²) in [5.74, 6) is -4.25. The van der Waals surface area contributed by atoms with E-state index in [0.29, 0.717) is 51.4 Å². The molecule has 60 heavy (non-hydrogen) atoms. The van der Waals surface area contributed by atoms with Crippen LogP contribution in [0, 0.1) is 11.3 Å². The lowest BCUT2D eigenvalue weighted by Crippen LogP contribution is -2.42. The number of rotatable bonds is 16.